The fraction of sp³-hybridized carbons (Fsp3) is 0.647. The Bertz CT molecular complexity index is 479. The molecule has 0 spiro atoms. The van der Waals surface area contributed by atoms with Gasteiger partial charge in [-0.1, -0.05) is 28.1 Å². The van der Waals surface area contributed by atoms with E-state index in [0.29, 0.717) is 12.6 Å². The van der Waals surface area contributed by atoms with Crippen LogP contribution in [0, 0.1) is 5.92 Å². The van der Waals surface area contributed by atoms with E-state index >= 15 is 0 Å². The third kappa shape index (κ3) is 3.34. The normalized spacial score (nSPS) is 29.1. The monoisotopic (exact) mass is 351 g/mol. The molecule has 2 aliphatic heterocycles. The lowest BCUT2D eigenvalue weighted by Crippen LogP contribution is -2.53. The highest BCUT2D eigenvalue weighted by molar-refractivity contribution is 9.10. The van der Waals surface area contributed by atoms with Crippen molar-refractivity contribution in [2.45, 2.75) is 31.3 Å². The van der Waals surface area contributed by atoms with Gasteiger partial charge >= 0.3 is 0 Å². The first-order valence-corrected chi connectivity index (χ1v) is 8.88. The minimum Gasteiger partial charge on any atom is -0.329 e. The molecule has 4 heteroatoms. The first kappa shape index (κ1) is 15.5. The molecule has 0 radical (unpaired) electrons. The summed E-state index contributed by atoms with van der Waals surface area (Å²) in [5.41, 5.74) is 7.46. The van der Waals surface area contributed by atoms with Crippen LogP contribution in [-0.4, -0.2) is 49.1 Å². The summed E-state index contributed by atoms with van der Waals surface area (Å²) in [6, 6.07) is 9.77. The van der Waals surface area contributed by atoms with Gasteiger partial charge in [-0.3, -0.25) is 4.90 Å². The molecule has 0 bridgehead atoms. The highest BCUT2D eigenvalue weighted by Crippen LogP contribution is 2.33. The second-order valence-electron chi connectivity index (χ2n) is 6.54. The number of rotatable bonds is 3. The summed E-state index contributed by atoms with van der Waals surface area (Å²) >= 11 is 3.58. The van der Waals surface area contributed by atoms with Gasteiger partial charge in [0.25, 0.3) is 0 Å². The molecule has 3 rings (SSSR count). The smallest absolute Gasteiger partial charge is 0.0470 e. The Morgan fingerprint density at radius 3 is 2.95 bits per heavy atom. The van der Waals surface area contributed by atoms with Crippen LogP contribution in [0.3, 0.4) is 0 Å². The standard InChI is InChI=1S/C17H26BrN3/c1-20-8-3-5-14-12-21(9-7-16(14)20)17(11-19)13-4-2-6-15(18)10-13/h2,4,6,10,14,16-17H,3,5,7-9,11-12,19H2,1H3. The van der Waals surface area contributed by atoms with E-state index in [-0.39, 0.29) is 0 Å². The van der Waals surface area contributed by atoms with Crippen LogP contribution in [0.25, 0.3) is 0 Å². The van der Waals surface area contributed by atoms with E-state index in [9.17, 15) is 0 Å². The van der Waals surface area contributed by atoms with Crippen LogP contribution < -0.4 is 5.73 Å². The van der Waals surface area contributed by atoms with Crippen molar-refractivity contribution in [1.29, 1.82) is 0 Å². The Morgan fingerprint density at radius 2 is 2.19 bits per heavy atom. The Kier molecular flexibility index (Phi) is 4.99. The number of hydrogen-bond acceptors (Lipinski definition) is 3. The zero-order valence-corrected chi connectivity index (χ0v) is 14.4. The quantitative estimate of drug-likeness (QED) is 0.908. The lowest BCUT2D eigenvalue weighted by atomic mass is 9.83. The summed E-state index contributed by atoms with van der Waals surface area (Å²) in [6.07, 6.45) is 4.00. The molecule has 3 atom stereocenters. The molecule has 0 saturated carbocycles. The summed E-state index contributed by atoms with van der Waals surface area (Å²) < 4.78 is 1.14. The van der Waals surface area contributed by atoms with Crippen LogP contribution >= 0.6 is 15.9 Å². The Hall–Kier alpha value is -0.420. The highest BCUT2D eigenvalue weighted by Gasteiger charge is 2.36. The second-order valence-corrected chi connectivity index (χ2v) is 7.46. The van der Waals surface area contributed by atoms with E-state index in [4.69, 9.17) is 5.73 Å². The van der Waals surface area contributed by atoms with E-state index in [1.165, 1.54) is 44.5 Å². The van der Waals surface area contributed by atoms with Crippen LogP contribution in [0.5, 0.6) is 0 Å². The van der Waals surface area contributed by atoms with Gasteiger partial charge in [0.1, 0.15) is 0 Å². The molecule has 1 aromatic rings. The van der Waals surface area contributed by atoms with Gasteiger partial charge < -0.3 is 10.6 Å². The van der Waals surface area contributed by atoms with Crippen molar-refractivity contribution >= 4 is 15.9 Å². The van der Waals surface area contributed by atoms with Crippen LogP contribution in [0.15, 0.2) is 28.7 Å². The van der Waals surface area contributed by atoms with E-state index in [1.807, 2.05) is 0 Å². The number of hydrogen-bond donors (Lipinski definition) is 1. The predicted octanol–water partition coefficient (Wildman–Crippen LogP) is 2.87. The maximum atomic E-state index is 6.11. The summed E-state index contributed by atoms with van der Waals surface area (Å²) in [5.74, 6) is 0.818. The first-order valence-electron chi connectivity index (χ1n) is 8.09. The van der Waals surface area contributed by atoms with Gasteiger partial charge in [-0.05, 0) is 56.5 Å². The van der Waals surface area contributed by atoms with Crippen molar-refractivity contribution in [1.82, 2.24) is 9.80 Å². The molecule has 2 aliphatic rings. The molecule has 0 amide bonds. The molecule has 2 saturated heterocycles. The predicted molar refractivity (Wildman–Crippen MR) is 91.3 cm³/mol. The average molecular weight is 352 g/mol. The minimum absolute atomic E-state index is 0.357. The number of nitrogens with two attached hydrogens (primary N) is 1. The average Bonchev–Trinajstić information content (AvgIpc) is 2.48. The van der Waals surface area contributed by atoms with Crippen LogP contribution in [-0.2, 0) is 0 Å². The number of piperidine rings is 2. The van der Waals surface area contributed by atoms with Crippen LogP contribution in [0.2, 0.25) is 0 Å². The number of halogens is 1. The zero-order valence-electron chi connectivity index (χ0n) is 12.8. The van der Waals surface area contributed by atoms with Crippen molar-refractivity contribution in [3.05, 3.63) is 34.3 Å². The third-order valence-corrected chi connectivity index (χ3v) is 5.77. The maximum absolute atomic E-state index is 6.11. The molecule has 21 heavy (non-hydrogen) atoms. The number of benzene rings is 1. The summed E-state index contributed by atoms with van der Waals surface area (Å²) in [4.78, 5) is 5.18. The lowest BCUT2D eigenvalue weighted by Gasteiger charge is -2.48. The van der Waals surface area contributed by atoms with Gasteiger partial charge in [-0.15, -0.1) is 0 Å². The topological polar surface area (TPSA) is 32.5 Å². The van der Waals surface area contributed by atoms with Gasteiger partial charge in [0.2, 0.25) is 0 Å². The Morgan fingerprint density at radius 1 is 1.33 bits per heavy atom. The summed E-state index contributed by atoms with van der Waals surface area (Å²) in [7, 11) is 2.29. The molecule has 1 aromatic carbocycles. The van der Waals surface area contributed by atoms with Crippen molar-refractivity contribution in [2.75, 3.05) is 33.2 Å². The van der Waals surface area contributed by atoms with Gasteiger partial charge in [-0.2, -0.15) is 0 Å². The largest absolute Gasteiger partial charge is 0.329 e. The summed E-state index contributed by atoms with van der Waals surface area (Å²) in [5, 5.41) is 0. The van der Waals surface area contributed by atoms with E-state index < -0.39 is 0 Å². The molecule has 116 valence electrons. The number of likely N-dealkylation sites (tertiary alicyclic amines) is 2. The molecule has 3 unspecified atom stereocenters. The molecule has 2 N–H and O–H groups in total. The molecule has 2 heterocycles. The third-order valence-electron chi connectivity index (χ3n) is 5.27. The molecular formula is C17H26BrN3. The second kappa shape index (κ2) is 6.78. The van der Waals surface area contributed by atoms with E-state index in [2.05, 4.69) is 57.0 Å². The van der Waals surface area contributed by atoms with Crippen molar-refractivity contribution in [2.24, 2.45) is 11.7 Å². The van der Waals surface area contributed by atoms with Gasteiger partial charge in [0.15, 0.2) is 0 Å². The van der Waals surface area contributed by atoms with Gasteiger partial charge in [-0.25, -0.2) is 0 Å². The van der Waals surface area contributed by atoms with E-state index in [0.717, 1.165) is 16.4 Å². The van der Waals surface area contributed by atoms with Crippen LogP contribution in [0.4, 0.5) is 0 Å². The van der Waals surface area contributed by atoms with Crippen molar-refractivity contribution in [3.8, 4) is 0 Å². The summed E-state index contributed by atoms with van der Waals surface area (Å²) in [6.45, 7) is 4.33. The maximum Gasteiger partial charge on any atom is 0.0470 e. The number of nitrogens with zero attached hydrogens (tertiary/aromatic N) is 2. The number of fused-ring (bicyclic) bond motifs is 1. The van der Waals surface area contributed by atoms with Gasteiger partial charge in [0, 0.05) is 36.2 Å². The Balaban J connectivity index is 1.74. The molecule has 0 aliphatic carbocycles. The SMILES string of the molecule is CN1CCCC2CN(C(CN)c3cccc(Br)c3)CCC21. The first-order chi connectivity index (χ1) is 10.2. The van der Waals surface area contributed by atoms with E-state index in [1.54, 1.807) is 0 Å². The lowest BCUT2D eigenvalue weighted by molar-refractivity contribution is 0.0211. The minimum atomic E-state index is 0.357. The highest BCUT2D eigenvalue weighted by atomic mass is 79.9. The Labute approximate surface area is 136 Å². The molecule has 2 fully saturated rings. The van der Waals surface area contributed by atoms with Crippen LogP contribution in [0.1, 0.15) is 30.9 Å². The van der Waals surface area contributed by atoms with Crippen molar-refractivity contribution < 1.29 is 0 Å². The fourth-order valence-corrected chi connectivity index (χ4v) is 4.59. The molecular weight excluding hydrogens is 326 g/mol. The van der Waals surface area contributed by atoms with Gasteiger partial charge in [0.05, 0.1) is 0 Å². The van der Waals surface area contributed by atoms with Crippen molar-refractivity contribution in [3.63, 3.8) is 0 Å². The molecule has 3 nitrogen and oxygen atoms in total. The fourth-order valence-electron chi connectivity index (χ4n) is 4.17. The zero-order chi connectivity index (χ0) is 14.8. The molecule has 0 aromatic heterocycles.